The summed E-state index contributed by atoms with van der Waals surface area (Å²) in [4.78, 5) is 12.1. The lowest BCUT2D eigenvalue weighted by Gasteiger charge is -2.11. The van der Waals surface area contributed by atoms with Crippen molar-refractivity contribution >= 4 is 11.5 Å². The Morgan fingerprint density at radius 1 is 1.00 bits per heavy atom. The van der Waals surface area contributed by atoms with Crippen LogP contribution in [0.5, 0.6) is 0 Å². The third-order valence-electron chi connectivity index (χ3n) is 2.82. The molecular formula is C14H8F5NO. The zero-order valence-electron chi connectivity index (χ0n) is 10.3. The summed E-state index contributed by atoms with van der Waals surface area (Å²) < 4.78 is 64.9. The van der Waals surface area contributed by atoms with Gasteiger partial charge in [-0.05, 0) is 30.3 Å². The van der Waals surface area contributed by atoms with Crippen LogP contribution in [0.4, 0.5) is 27.6 Å². The fourth-order valence-corrected chi connectivity index (χ4v) is 1.78. The standard InChI is InChI=1S/C14H8F5NO/c15-9-2-1-3-10(16)12(9)13(21)8-6-7(14(17,18)19)4-5-11(8)20/h1-6H,20H2. The quantitative estimate of drug-likeness (QED) is 0.521. The molecule has 0 aliphatic heterocycles. The molecule has 0 saturated carbocycles. The lowest BCUT2D eigenvalue weighted by atomic mass is 9.98. The number of carbonyl (C=O) groups is 1. The molecule has 2 aromatic rings. The van der Waals surface area contributed by atoms with E-state index in [0.29, 0.717) is 12.1 Å². The van der Waals surface area contributed by atoms with E-state index in [0.717, 1.165) is 24.3 Å². The summed E-state index contributed by atoms with van der Waals surface area (Å²) in [5.41, 5.74) is 2.47. The first kappa shape index (κ1) is 15.0. The second-order valence-electron chi connectivity index (χ2n) is 4.23. The zero-order valence-corrected chi connectivity index (χ0v) is 10.3. The summed E-state index contributed by atoms with van der Waals surface area (Å²) in [6.45, 7) is 0. The van der Waals surface area contributed by atoms with Gasteiger partial charge in [-0.25, -0.2) is 8.78 Å². The number of nitrogen functional groups attached to an aromatic ring is 1. The summed E-state index contributed by atoms with van der Waals surface area (Å²) in [5.74, 6) is -3.58. The van der Waals surface area contributed by atoms with Gasteiger partial charge in [-0.3, -0.25) is 4.79 Å². The minimum Gasteiger partial charge on any atom is -0.398 e. The van der Waals surface area contributed by atoms with Crippen molar-refractivity contribution in [3.8, 4) is 0 Å². The molecule has 0 heterocycles. The third kappa shape index (κ3) is 2.86. The molecule has 0 spiro atoms. The van der Waals surface area contributed by atoms with Crippen molar-refractivity contribution in [3.05, 3.63) is 64.7 Å². The third-order valence-corrected chi connectivity index (χ3v) is 2.82. The Hall–Kier alpha value is -2.44. The van der Waals surface area contributed by atoms with Crippen LogP contribution in [0, 0.1) is 11.6 Å². The van der Waals surface area contributed by atoms with Crippen molar-refractivity contribution in [1.29, 1.82) is 0 Å². The summed E-state index contributed by atoms with van der Waals surface area (Å²) in [6.07, 6.45) is -4.70. The zero-order chi connectivity index (χ0) is 15.8. The molecule has 0 radical (unpaired) electrons. The smallest absolute Gasteiger partial charge is 0.398 e. The van der Waals surface area contributed by atoms with Crippen molar-refractivity contribution in [3.63, 3.8) is 0 Å². The van der Waals surface area contributed by atoms with Gasteiger partial charge >= 0.3 is 6.18 Å². The number of hydrogen-bond acceptors (Lipinski definition) is 2. The number of nitrogens with two attached hydrogens (primary N) is 1. The number of halogens is 5. The van der Waals surface area contributed by atoms with Gasteiger partial charge in [0.05, 0.1) is 11.1 Å². The Morgan fingerprint density at radius 2 is 1.57 bits per heavy atom. The molecule has 2 nitrogen and oxygen atoms in total. The lowest BCUT2D eigenvalue weighted by molar-refractivity contribution is -0.137. The van der Waals surface area contributed by atoms with E-state index in [1.807, 2.05) is 0 Å². The number of alkyl halides is 3. The second kappa shape index (κ2) is 5.16. The Bertz CT molecular complexity index is 689. The van der Waals surface area contributed by atoms with Crippen molar-refractivity contribution < 1.29 is 26.7 Å². The molecule has 110 valence electrons. The van der Waals surface area contributed by atoms with Gasteiger partial charge < -0.3 is 5.73 Å². The minimum absolute atomic E-state index is 0.296. The molecule has 0 aromatic heterocycles. The molecule has 21 heavy (non-hydrogen) atoms. The van der Waals surface area contributed by atoms with Gasteiger partial charge in [-0.2, -0.15) is 13.2 Å². The van der Waals surface area contributed by atoms with Crippen molar-refractivity contribution in [1.82, 2.24) is 0 Å². The Labute approximate surface area is 116 Å². The van der Waals surface area contributed by atoms with Crippen LogP contribution >= 0.6 is 0 Å². The highest BCUT2D eigenvalue weighted by molar-refractivity contribution is 6.12. The molecular weight excluding hydrogens is 293 g/mol. The van der Waals surface area contributed by atoms with Gasteiger partial charge in [0.25, 0.3) is 0 Å². The highest BCUT2D eigenvalue weighted by Gasteiger charge is 2.32. The van der Waals surface area contributed by atoms with Gasteiger partial charge in [0.2, 0.25) is 5.78 Å². The van der Waals surface area contributed by atoms with Gasteiger partial charge in [-0.1, -0.05) is 6.07 Å². The van der Waals surface area contributed by atoms with E-state index in [-0.39, 0.29) is 5.69 Å². The highest BCUT2D eigenvalue weighted by Crippen LogP contribution is 2.32. The fraction of sp³-hybridized carbons (Fsp3) is 0.0714. The topological polar surface area (TPSA) is 43.1 Å². The van der Waals surface area contributed by atoms with E-state index in [4.69, 9.17) is 5.73 Å². The first-order valence-electron chi connectivity index (χ1n) is 5.67. The van der Waals surface area contributed by atoms with Gasteiger partial charge in [0.15, 0.2) is 0 Å². The number of benzene rings is 2. The molecule has 0 unspecified atom stereocenters. The van der Waals surface area contributed by atoms with E-state index in [1.54, 1.807) is 0 Å². The average Bonchev–Trinajstić information content (AvgIpc) is 2.37. The summed E-state index contributed by atoms with van der Waals surface area (Å²) in [5, 5.41) is 0. The van der Waals surface area contributed by atoms with E-state index >= 15 is 0 Å². The molecule has 0 bridgehead atoms. The number of ketones is 1. The molecule has 7 heteroatoms. The summed E-state index contributed by atoms with van der Waals surface area (Å²) >= 11 is 0. The molecule has 0 fully saturated rings. The van der Waals surface area contributed by atoms with Crippen LogP contribution in [0.25, 0.3) is 0 Å². The lowest BCUT2D eigenvalue weighted by Crippen LogP contribution is -2.13. The van der Waals surface area contributed by atoms with Crippen LogP contribution in [-0.2, 0) is 6.18 Å². The van der Waals surface area contributed by atoms with Crippen LogP contribution in [0.2, 0.25) is 0 Å². The predicted octanol–water partition coefficient (Wildman–Crippen LogP) is 3.80. The van der Waals surface area contributed by atoms with Crippen LogP contribution in [0.1, 0.15) is 21.5 Å². The molecule has 0 amide bonds. The van der Waals surface area contributed by atoms with Gasteiger partial charge in [0.1, 0.15) is 11.6 Å². The van der Waals surface area contributed by atoms with Crippen LogP contribution in [0.15, 0.2) is 36.4 Å². The number of carbonyl (C=O) groups excluding carboxylic acids is 1. The number of hydrogen-bond donors (Lipinski definition) is 1. The van der Waals surface area contributed by atoms with E-state index in [1.165, 1.54) is 0 Å². The second-order valence-corrected chi connectivity index (χ2v) is 4.23. The molecule has 0 aliphatic rings. The first-order chi connectivity index (χ1) is 9.71. The molecule has 0 aliphatic carbocycles. The van der Waals surface area contributed by atoms with Gasteiger partial charge in [-0.15, -0.1) is 0 Å². The Morgan fingerprint density at radius 3 is 2.10 bits per heavy atom. The summed E-state index contributed by atoms with van der Waals surface area (Å²) in [6, 6.07) is 4.74. The molecule has 0 saturated heterocycles. The van der Waals surface area contributed by atoms with Crippen LogP contribution in [-0.4, -0.2) is 5.78 Å². The molecule has 2 rings (SSSR count). The van der Waals surface area contributed by atoms with Crippen LogP contribution < -0.4 is 5.73 Å². The normalized spacial score (nSPS) is 11.5. The van der Waals surface area contributed by atoms with Crippen LogP contribution in [0.3, 0.4) is 0 Å². The summed E-state index contributed by atoms with van der Waals surface area (Å²) in [7, 11) is 0. The fourth-order valence-electron chi connectivity index (χ4n) is 1.78. The highest BCUT2D eigenvalue weighted by atomic mass is 19.4. The van der Waals surface area contributed by atoms with Crippen molar-refractivity contribution in [2.45, 2.75) is 6.18 Å². The largest absolute Gasteiger partial charge is 0.416 e. The monoisotopic (exact) mass is 301 g/mol. The molecule has 2 aromatic carbocycles. The first-order valence-corrected chi connectivity index (χ1v) is 5.67. The number of rotatable bonds is 2. The van der Waals surface area contributed by atoms with E-state index in [9.17, 15) is 26.7 Å². The average molecular weight is 301 g/mol. The Kier molecular flexibility index (Phi) is 3.67. The molecule has 0 atom stereocenters. The van der Waals surface area contributed by atoms with Crippen molar-refractivity contribution in [2.75, 3.05) is 5.73 Å². The predicted molar refractivity (Wildman–Crippen MR) is 65.6 cm³/mol. The maximum atomic E-state index is 13.5. The Balaban J connectivity index is 2.59. The van der Waals surface area contributed by atoms with E-state index < -0.39 is 40.3 Å². The maximum absolute atomic E-state index is 13.5. The van der Waals surface area contributed by atoms with Gasteiger partial charge in [0, 0.05) is 11.3 Å². The number of anilines is 1. The van der Waals surface area contributed by atoms with Crippen molar-refractivity contribution in [2.24, 2.45) is 0 Å². The minimum atomic E-state index is -4.70. The maximum Gasteiger partial charge on any atom is 0.416 e. The SMILES string of the molecule is Nc1ccc(C(F)(F)F)cc1C(=O)c1c(F)cccc1F. The molecule has 2 N–H and O–H groups in total. The van der Waals surface area contributed by atoms with E-state index in [2.05, 4.69) is 0 Å².